The van der Waals surface area contributed by atoms with E-state index in [1.165, 1.54) is 28.7 Å². The van der Waals surface area contributed by atoms with Crippen LogP contribution in [-0.4, -0.2) is 36.7 Å². The van der Waals surface area contributed by atoms with Crippen molar-refractivity contribution in [3.63, 3.8) is 0 Å². The zero-order valence-corrected chi connectivity index (χ0v) is 17.2. The fourth-order valence-corrected chi connectivity index (χ4v) is 4.29. The lowest BCUT2D eigenvalue weighted by molar-refractivity contribution is -0.137. The highest BCUT2D eigenvalue weighted by Crippen LogP contribution is 2.32. The van der Waals surface area contributed by atoms with E-state index in [4.69, 9.17) is 0 Å². The summed E-state index contributed by atoms with van der Waals surface area (Å²) >= 11 is 1.74. The van der Waals surface area contributed by atoms with Crippen molar-refractivity contribution in [3.8, 4) is 0 Å². The van der Waals surface area contributed by atoms with Gasteiger partial charge < -0.3 is 5.32 Å². The van der Waals surface area contributed by atoms with Gasteiger partial charge in [0.05, 0.1) is 11.1 Å². The molecule has 1 aliphatic rings. The molecule has 0 aromatic heterocycles. The van der Waals surface area contributed by atoms with Crippen LogP contribution in [0.25, 0.3) is 0 Å². The number of rotatable bonds is 6. The van der Waals surface area contributed by atoms with E-state index in [0.717, 1.165) is 38.5 Å². The predicted molar refractivity (Wildman–Crippen MR) is 110 cm³/mol. The maximum Gasteiger partial charge on any atom is 0.417 e. The molecule has 1 aliphatic heterocycles. The Kier molecular flexibility index (Phi) is 7.24. The van der Waals surface area contributed by atoms with E-state index in [0.29, 0.717) is 6.54 Å². The molecule has 0 atom stereocenters. The van der Waals surface area contributed by atoms with Gasteiger partial charge in [0.2, 0.25) is 0 Å². The first-order valence-electron chi connectivity index (χ1n) is 9.67. The van der Waals surface area contributed by atoms with Gasteiger partial charge in [-0.05, 0) is 61.9 Å². The second kappa shape index (κ2) is 9.67. The number of likely N-dealkylation sites (tertiary alicyclic amines) is 1. The number of carbonyl (C=O) groups excluding carboxylic acids is 1. The molecule has 1 N–H and O–H groups in total. The molecular formula is C22H25F3N2OS. The second-order valence-corrected chi connectivity index (χ2v) is 8.13. The maximum atomic E-state index is 13.1. The molecule has 1 saturated heterocycles. The third-order valence-corrected chi connectivity index (χ3v) is 6.16. The third-order valence-electron chi connectivity index (χ3n) is 5.32. The Balaban J connectivity index is 1.50. The zero-order valence-electron chi connectivity index (χ0n) is 16.3. The van der Waals surface area contributed by atoms with Crippen LogP contribution in [-0.2, 0) is 12.7 Å². The van der Waals surface area contributed by atoms with E-state index < -0.39 is 17.6 Å². The molecule has 0 spiro atoms. The molecule has 7 heteroatoms. The fourth-order valence-electron chi connectivity index (χ4n) is 3.68. The normalized spacial score (nSPS) is 16.0. The minimum atomic E-state index is -4.54. The van der Waals surface area contributed by atoms with Crippen molar-refractivity contribution in [2.45, 2.75) is 30.5 Å². The monoisotopic (exact) mass is 422 g/mol. The standard InChI is InChI=1S/C22H25F3N2OS/c1-29-20-9-5-2-6-17(20)15-27-12-10-16(11-13-27)14-26-21(28)18-7-3-4-8-19(18)22(23,24)25/h2-9,16H,10-15H2,1H3,(H,26,28). The topological polar surface area (TPSA) is 32.3 Å². The van der Waals surface area contributed by atoms with E-state index in [1.807, 2.05) is 6.07 Å². The van der Waals surface area contributed by atoms with E-state index in [1.54, 1.807) is 11.8 Å². The number of benzene rings is 2. The van der Waals surface area contributed by atoms with Gasteiger partial charge in [0.1, 0.15) is 0 Å². The number of piperidine rings is 1. The van der Waals surface area contributed by atoms with E-state index in [2.05, 4.69) is 34.7 Å². The van der Waals surface area contributed by atoms with Gasteiger partial charge in [-0.1, -0.05) is 30.3 Å². The van der Waals surface area contributed by atoms with Crippen LogP contribution in [0.1, 0.15) is 34.3 Å². The number of nitrogens with one attached hydrogen (secondary N) is 1. The number of hydrogen-bond acceptors (Lipinski definition) is 3. The molecule has 2 aromatic rings. The largest absolute Gasteiger partial charge is 0.417 e. The SMILES string of the molecule is CSc1ccccc1CN1CCC(CNC(=O)c2ccccc2C(F)(F)F)CC1. The molecule has 1 amide bonds. The van der Waals surface area contributed by atoms with Gasteiger partial charge >= 0.3 is 6.18 Å². The van der Waals surface area contributed by atoms with E-state index in [-0.39, 0.29) is 11.5 Å². The van der Waals surface area contributed by atoms with Crippen LogP contribution in [0.4, 0.5) is 13.2 Å². The molecule has 0 aliphatic carbocycles. The highest BCUT2D eigenvalue weighted by atomic mass is 32.2. The van der Waals surface area contributed by atoms with Gasteiger partial charge in [0.25, 0.3) is 5.91 Å². The Hall–Kier alpha value is -1.99. The number of hydrogen-bond donors (Lipinski definition) is 1. The van der Waals surface area contributed by atoms with Crippen LogP contribution in [0.3, 0.4) is 0 Å². The van der Waals surface area contributed by atoms with Crippen molar-refractivity contribution in [1.29, 1.82) is 0 Å². The molecule has 1 fully saturated rings. The van der Waals surface area contributed by atoms with Crippen molar-refractivity contribution < 1.29 is 18.0 Å². The number of carbonyl (C=O) groups is 1. The lowest BCUT2D eigenvalue weighted by atomic mass is 9.96. The van der Waals surface area contributed by atoms with Gasteiger partial charge in [0.15, 0.2) is 0 Å². The first-order valence-corrected chi connectivity index (χ1v) is 10.9. The molecule has 0 unspecified atom stereocenters. The van der Waals surface area contributed by atoms with Gasteiger partial charge in [0, 0.05) is 18.0 Å². The molecule has 0 bridgehead atoms. The smallest absolute Gasteiger partial charge is 0.352 e. The Morgan fingerprint density at radius 3 is 2.45 bits per heavy atom. The summed E-state index contributed by atoms with van der Waals surface area (Å²) in [4.78, 5) is 16.0. The van der Waals surface area contributed by atoms with E-state index in [9.17, 15) is 18.0 Å². The average molecular weight is 423 g/mol. The molecule has 156 valence electrons. The summed E-state index contributed by atoms with van der Waals surface area (Å²) in [6.45, 7) is 3.14. The van der Waals surface area contributed by atoms with Crippen molar-refractivity contribution >= 4 is 17.7 Å². The number of amides is 1. The summed E-state index contributed by atoms with van der Waals surface area (Å²) < 4.78 is 39.3. The molecule has 0 saturated carbocycles. The van der Waals surface area contributed by atoms with Gasteiger partial charge in [-0.25, -0.2) is 0 Å². The summed E-state index contributed by atoms with van der Waals surface area (Å²) in [6.07, 6.45) is -0.623. The first-order chi connectivity index (χ1) is 13.9. The molecule has 3 rings (SSSR count). The number of halogens is 3. The highest BCUT2D eigenvalue weighted by molar-refractivity contribution is 7.98. The van der Waals surface area contributed by atoms with Crippen molar-refractivity contribution in [1.82, 2.24) is 10.2 Å². The quantitative estimate of drug-likeness (QED) is 0.660. The lowest BCUT2D eigenvalue weighted by Crippen LogP contribution is -2.38. The Bertz CT molecular complexity index is 833. The lowest BCUT2D eigenvalue weighted by Gasteiger charge is -2.32. The minimum absolute atomic E-state index is 0.282. The van der Waals surface area contributed by atoms with Crippen molar-refractivity contribution in [2.75, 3.05) is 25.9 Å². The van der Waals surface area contributed by atoms with Crippen LogP contribution in [0, 0.1) is 5.92 Å². The summed E-state index contributed by atoms with van der Waals surface area (Å²) in [5.74, 6) is -0.377. The number of nitrogens with zero attached hydrogens (tertiary/aromatic N) is 1. The predicted octanol–water partition coefficient (Wildman–Crippen LogP) is 5.07. The molecule has 3 nitrogen and oxygen atoms in total. The Morgan fingerprint density at radius 2 is 1.76 bits per heavy atom. The van der Waals surface area contributed by atoms with Crippen LogP contribution < -0.4 is 5.32 Å². The second-order valence-electron chi connectivity index (χ2n) is 7.28. The number of thioether (sulfide) groups is 1. The molecule has 2 aromatic carbocycles. The van der Waals surface area contributed by atoms with Crippen LogP contribution >= 0.6 is 11.8 Å². The molecular weight excluding hydrogens is 397 g/mol. The summed E-state index contributed by atoms with van der Waals surface area (Å²) in [5, 5.41) is 2.70. The summed E-state index contributed by atoms with van der Waals surface area (Å²) in [6, 6.07) is 13.3. The van der Waals surface area contributed by atoms with Crippen molar-refractivity contribution in [2.24, 2.45) is 5.92 Å². The zero-order chi connectivity index (χ0) is 20.9. The summed E-state index contributed by atoms with van der Waals surface area (Å²) in [7, 11) is 0. The number of alkyl halides is 3. The van der Waals surface area contributed by atoms with Crippen LogP contribution in [0.2, 0.25) is 0 Å². The van der Waals surface area contributed by atoms with Gasteiger partial charge in [-0.2, -0.15) is 13.2 Å². The summed E-state index contributed by atoms with van der Waals surface area (Å²) in [5.41, 5.74) is 0.112. The van der Waals surface area contributed by atoms with Crippen molar-refractivity contribution in [3.05, 3.63) is 65.2 Å². The van der Waals surface area contributed by atoms with Gasteiger partial charge in [-0.3, -0.25) is 9.69 Å². The third kappa shape index (κ3) is 5.76. The van der Waals surface area contributed by atoms with E-state index >= 15 is 0 Å². The minimum Gasteiger partial charge on any atom is -0.352 e. The Morgan fingerprint density at radius 1 is 1.10 bits per heavy atom. The molecule has 1 heterocycles. The highest BCUT2D eigenvalue weighted by Gasteiger charge is 2.35. The average Bonchev–Trinajstić information content (AvgIpc) is 2.73. The fraction of sp³-hybridized carbons (Fsp3) is 0.409. The first kappa shape index (κ1) is 21.7. The van der Waals surface area contributed by atoms with Gasteiger partial charge in [-0.15, -0.1) is 11.8 Å². The van der Waals surface area contributed by atoms with Crippen LogP contribution in [0.5, 0.6) is 0 Å². The maximum absolute atomic E-state index is 13.1. The molecule has 29 heavy (non-hydrogen) atoms. The van der Waals surface area contributed by atoms with Crippen LogP contribution in [0.15, 0.2) is 53.4 Å². The Labute approximate surface area is 173 Å². The molecule has 0 radical (unpaired) electrons.